The predicted molar refractivity (Wildman–Crippen MR) is 78.6 cm³/mol. The largest absolute Gasteiger partial charge is 0.481 e. The maximum Gasteiger partial charge on any atom is 0.303 e. The van der Waals surface area contributed by atoms with Gasteiger partial charge in [0.1, 0.15) is 4.90 Å². The summed E-state index contributed by atoms with van der Waals surface area (Å²) in [5.74, 6) is -0.926. The topological polar surface area (TPSA) is 92.5 Å². The van der Waals surface area contributed by atoms with Crippen molar-refractivity contribution < 1.29 is 18.3 Å². The van der Waals surface area contributed by atoms with Crippen LogP contribution in [0.5, 0.6) is 0 Å². The van der Waals surface area contributed by atoms with E-state index in [2.05, 4.69) is 5.10 Å². The molecule has 0 fully saturated rings. The Morgan fingerprint density at radius 3 is 2.33 bits per heavy atom. The quantitative estimate of drug-likeness (QED) is 0.818. The third-order valence-electron chi connectivity index (χ3n) is 3.35. The van der Waals surface area contributed by atoms with Crippen molar-refractivity contribution in [2.24, 2.45) is 7.05 Å². The summed E-state index contributed by atoms with van der Waals surface area (Å²) in [4.78, 5) is 10.8. The lowest BCUT2D eigenvalue weighted by Gasteiger charge is -2.25. The summed E-state index contributed by atoms with van der Waals surface area (Å²) in [6, 6.07) is -0.247. The second-order valence-corrected chi connectivity index (χ2v) is 7.16. The molecule has 7 nitrogen and oxygen atoms in total. The highest BCUT2D eigenvalue weighted by molar-refractivity contribution is 7.89. The minimum Gasteiger partial charge on any atom is -0.481 e. The van der Waals surface area contributed by atoms with Gasteiger partial charge in [0.25, 0.3) is 0 Å². The average molecular weight is 317 g/mol. The van der Waals surface area contributed by atoms with Crippen molar-refractivity contribution in [3.05, 3.63) is 11.4 Å². The minimum atomic E-state index is -3.68. The number of aliphatic carboxylic acids is 1. The molecule has 0 spiro atoms. The van der Waals surface area contributed by atoms with E-state index in [0.29, 0.717) is 11.4 Å². The molecular weight excluding hydrogens is 294 g/mol. The van der Waals surface area contributed by atoms with E-state index in [9.17, 15) is 13.2 Å². The van der Waals surface area contributed by atoms with E-state index in [1.165, 1.54) is 8.99 Å². The van der Waals surface area contributed by atoms with Gasteiger partial charge in [0.15, 0.2) is 0 Å². The summed E-state index contributed by atoms with van der Waals surface area (Å²) in [5.41, 5.74) is 1.04. The molecule has 21 heavy (non-hydrogen) atoms. The Morgan fingerprint density at radius 1 is 1.38 bits per heavy atom. The zero-order chi connectivity index (χ0) is 16.4. The first kappa shape index (κ1) is 17.6. The van der Waals surface area contributed by atoms with Crippen molar-refractivity contribution in [3.8, 4) is 0 Å². The monoisotopic (exact) mass is 317 g/mol. The third kappa shape index (κ3) is 3.82. The highest BCUT2D eigenvalue weighted by Gasteiger charge is 2.31. The first-order valence-corrected chi connectivity index (χ1v) is 8.26. The van der Waals surface area contributed by atoms with Crippen LogP contribution in [0, 0.1) is 13.8 Å². The smallest absolute Gasteiger partial charge is 0.303 e. The molecule has 0 saturated carbocycles. The second kappa shape index (κ2) is 6.57. The van der Waals surface area contributed by atoms with E-state index in [1.54, 1.807) is 34.7 Å². The van der Waals surface area contributed by atoms with Gasteiger partial charge in [0, 0.05) is 26.1 Å². The van der Waals surface area contributed by atoms with Crippen molar-refractivity contribution in [3.63, 3.8) is 0 Å². The summed E-state index contributed by atoms with van der Waals surface area (Å²) in [6.07, 6.45) is 0.231. The highest BCUT2D eigenvalue weighted by atomic mass is 32.2. The van der Waals surface area contributed by atoms with Crippen molar-refractivity contribution in [1.82, 2.24) is 14.1 Å². The van der Waals surface area contributed by atoms with Crippen LogP contribution in [0.1, 0.15) is 38.1 Å². The lowest BCUT2D eigenvalue weighted by atomic mass is 10.3. The Hall–Kier alpha value is -1.41. The van der Waals surface area contributed by atoms with Crippen LogP contribution in [-0.2, 0) is 21.9 Å². The second-order valence-electron chi connectivity index (χ2n) is 5.33. The molecule has 1 N–H and O–H groups in total. The van der Waals surface area contributed by atoms with E-state index in [0.717, 1.165) is 0 Å². The fourth-order valence-corrected chi connectivity index (χ4v) is 4.37. The Bertz CT molecular complexity index is 620. The lowest BCUT2D eigenvalue weighted by Crippen LogP contribution is -2.38. The van der Waals surface area contributed by atoms with Gasteiger partial charge in [-0.2, -0.15) is 9.40 Å². The molecule has 0 radical (unpaired) electrons. The van der Waals surface area contributed by atoms with E-state index >= 15 is 0 Å². The van der Waals surface area contributed by atoms with Crippen molar-refractivity contribution in [2.75, 3.05) is 6.54 Å². The Kier molecular flexibility index (Phi) is 5.52. The number of carboxylic acids is 1. The number of hydrogen-bond donors (Lipinski definition) is 1. The normalized spacial score (nSPS) is 12.3. The van der Waals surface area contributed by atoms with Gasteiger partial charge in [-0.25, -0.2) is 8.42 Å². The summed E-state index contributed by atoms with van der Waals surface area (Å²) < 4.78 is 28.5. The van der Waals surface area contributed by atoms with Crippen LogP contribution in [0.3, 0.4) is 0 Å². The zero-order valence-electron chi connectivity index (χ0n) is 13.1. The van der Waals surface area contributed by atoms with E-state index in [1.807, 2.05) is 0 Å². The van der Waals surface area contributed by atoms with E-state index in [4.69, 9.17) is 5.11 Å². The Morgan fingerprint density at radius 2 is 1.95 bits per heavy atom. The molecule has 8 heteroatoms. The van der Waals surface area contributed by atoms with Gasteiger partial charge in [-0.05, 0) is 34.1 Å². The predicted octanol–water partition coefficient (Wildman–Crippen LogP) is 1.30. The molecule has 1 aromatic rings. The fraction of sp³-hybridized carbons (Fsp3) is 0.692. The van der Waals surface area contributed by atoms with Crippen LogP contribution in [0.25, 0.3) is 0 Å². The van der Waals surface area contributed by atoms with Gasteiger partial charge in [-0.15, -0.1) is 0 Å². The molecule has 0 bridgehead atoms. The molecule has 0 aliphatic heterocycles. The standard InChI is InChI=1S/C13H23N3O4S/c1-9(2)16(8-6-7-12(17)18)21(19,20)13-10(3)14-15(5)11(13)4/h9H,6-8H2,1-5H3,(H,17,18). The number of rotatable bonds is 7. The van der Waals surface area contributed by atoms with Gasteiger partial charge in [0.2, 0.25) is 10.0 Å². The van der Waals surface area contributed by atoms with Crippen LogP contribution in [-0.4, -0.2) is 46.2 Å². The van der Waals surface area contributed by atoms with Gasteiger partial charge >= 0.3 is 5.97 Å². The van der Waals surface area contributed by atoms with Crippen molar-refractivity contribution in [1.29, 1.82) is 0 Å². The van der Waals surface area contributed by atoms with Crippen LogP contribution in [0.15, 0.2) is 4.90 Å². The molecule has 0 atom stereocenters. The summed E-state index contributed by atoms with van der Waals surface area (Å²) in [6.45, 7) is 7.11. The fourth-order valence-electron chi connectivity index (χ4n) is 2.29. The first-order valence-electron chi connectivity index (χ1n) is 6.82. The molecule has 0 amide bonds. The first-order chi connectivity index (χ1) is 9.59. The molecule has 0 saturated heterocycles. The summed E-state index contributed by atoms with van der Waals surface area (Å²) in [7, 11) is -1.98. The number of carboxylic acid groups (broad SMARTS) is 1. The molecule has 0 aromatic carbocycles. The van der Waals surface area contributed by atoms with Crippen molar-refractivity contribution >= 4 is 16.0 Å². The number of aromatic nitrogens is 2. The van der Waals surface area contributed by atoms with Crippen LogP contribution in [0.2, 0.25) is 0 Å². The minimum absolute atomic E-state index is 0.0518. The summed E-state index contributed by atoms with van der Waals surface area (Å²) >= 11 is 0. The van der Waals surface area contributed by atoms with Crippen molar-refractivity contribution in [2.45, 2.75) is 51.5 Å². The zero-order valence-corrected chi connectivity index (χ0v) is 13.9. The lowest BCUT2D eigenvalue weighted by molar-refractivity contribution is -0.137. The average Bonchev–Trinajstić information content (AvgIpc) is 2.58. The Labute approximate surface area is 125 Å². The van der Waals surface area contributed by atoms with Crippen LogP contribution >= 0.6 is 0 Å². The molecule has 0 unspecified atom stereocenters. The number of hydrogen-bond acceptors (Lipinski definition) is 4. The molecule has 120 valence electrons. The van der Waals surface area contributed by atoms with Gasteiger partial charge in [-0.1, -0.05) is 0 Å². The molecule has 1 aromatic heterocycles. The molecule has 1 heterocycles. The SMILES string of the molecule is Cc1nn(C)c(C)c1S(=O)(=O)N(CCCC(=O)O)C(C)C. The summed E-state index contributed by atoms with van der Waals surface area (Å²) in [5, 5.41) is 12.8. The van der Waals surface area contributed by atoms with Gasteiger partial charge in [-0.3, -0.25) is 9.48 Å². The van der Waals surface area contributed by atoms with Gasteiger partial charge in [0.05, 0.1) is 11.4 Å². The molecule has 1 rings (SSSR count). The number of sulfonamides is 1. The molecule has 0 aliphatic carbocycles. The maximum absolute atomic E-state index is 12.8. The van der Waals surface area contributed by atoms with Gasteiger partial charge < -0.3 is 5.11 Å². The number of aryl methyl sites for hydroxylation is 2. The van der Waals surface area contributed by atoms with E-state index in [-0.39, 0.29) is 30.3 Å². The molecule has 0 aliphatic rings. The third-order valence-corrected chi connectivity index (χ3v) is 5.68. The van der Waals surface area contributed by atoms with E-state index < -0.39 is 16.0 Å². The number of carbonyl (C=O) groups is 1. The van der Waals surface area contributed by atoms with Crippen LogP contribution < -0.4 is 0 Å². The van der Waals surface area contributed by atoms with Crippen LogP contribution in [0.4, 0.5) is 0 Å². The molecular formula is C13H23N3O4S. The number of nitrogens with zero attached hydrogens (tertiary/aromatic N) is 3. The highest BCUT2D eigenvalue weighted by Crippen LogP contribution is 2.24. The maximum atomic E-state index is 12.8. The Balaban J connectivity index is 3.13.